The van der Waals surface area contributed by atoms with Crippen LogP contribution in [0.3, 0.4) is 0 Å². The van der Waals surface area contributed by atoms with Gasteiger partial charge in [0.2, 0.25) is 0 Å². The van der Waals surface area contributed by atoms with Gasteiger partial charge < -0.3 is 14.2 Å². The molecule has 0 saturated heterocycles. The van der Waals surface area contributed by atoms with Gasteiger partial charge in [-0.05, 0) is 56.2 Å². The molecule has 0 atom stereocenters. The van der Waals surface area contributed by atoms with E-state index in [9.17, 15) is 4.79 Å². The molecule has 0 aliphatic carbocycles. The summed E-state index contributed by atoms with van der Waals surface area (Å²) >= 11 is 0. The van der Waals surface area contributed by atoms with Crippen molar-refractivity contribution in [2.45, 2.75) is 26.9 Å². The summed E-state index contributed by atoms with van der Waals surface area (Å²) in [5.41, 5.74) is 4.68. The number of benzene rings is 2. The number of rotatable bonds is 4. The van der Waals surface area contributed by atoms with E-state index < -0.39 is 0 Å². The van der Waals surface area contributed by atoms with Gasteiger partial charge in [-0.3, -0.25) is 4.79 Å². The van der Waals surface area contributed by atoms with Gasteiger partial charge in [0.25, 0.3) is 5.91 Å². The zero-order valence-corrected chi connectivity index (χ0v) is 14.9. The van der Waals surface area contributed by atoms with E-state index in [1.165, 1.54) is 5.56 Å². The highest BCUT2D eigenvalue weighted by Gasteiger charge is 2.25. The first-order valence-corrected chi connectivity index (χ1v) is 8.68. The van der Waals surface area contributed by atoms with Crippen molar-refractivity contribution >= 4 is 11.6 Å². The van der Waals surface area contributed by atoms with Gasteiger partial charge >= 0.3 is 0 Å². The summed E-state index contributed by atoms with van der Waals surface area (Å²) in [5, 5.41) is 3.92. The van der Waals surface area contributed by atoms with E-state index in [1.807, 2.05) is 61.2 Å². The molecular weight excluding hydrogens is 328 g/mol. The fourth-order valence-electron chi connectivity index (χ4n) is 3.26. The Morgan fingerprint density at radius 2 is 1.92 bits per heavy atom. The van der Waals surface area contributed by atoms with Crippen molar-refractivity contribution in [3.8, 4) is 5.75 Å². The molecule has 132 valence electrons. The Balaban J connectivity index is 1.45. The normalized spacial score (nSPS) is 12.9. The summed E-state index contributed by atoms with van der Waals surface area (Å²) in [6.07, 6.45) is 0.903. The first-order chi connectivity index (χ1) is 12.6. The number of aryl methyl sites for hydroxylation is 2. The summed E-state index contributed by atoms with van der Waals surface area (Å²) in [7, 11) is 0. The topological polar surface area (TPSA) is 55.6 Å². The number of para-hydroxylation sites is 1. The first kappa shape index (κ1) is 16.4. The standard InChI is InChI=1S/C21H20N2O3/c1-14-19(15(2)26-22-14)13-25-18-9-7-17(8-10-18)21(24)23-12-11-16-5-3-4-6-20(16)23/h3-10H,11-13H2,1-2H3. The molecule has 0 radical (unpaired) electrons. The van der Waals surface area contributed by atoms with Crippen LogP contribution in [0.1, 0.15) is 32.9 Å². The van der Waals surface area contributed by atoms with Crippen molar-refractivity contribution in [1.82, 2.24) is 5.16 Å². The number of hydrogen-bond donors (Lipinski definition) is 0. The molecule has 3 aromatic rings. The van der Waals surface area contributed by atoms with Gasteiger partial charge in [0.15, 0.2) is 0 Å². The molecule has 26 heavy (non-hydrogen) atoms. The molecule has 0 bridgehead atoms. The number of amides is 1. The number of hydrogen-bond acceptors (Lipinski definition) is 4. The number of carbonyl (C=O) groups excluding carboxylic acids is 1. The molecule has 0 saturated carbocycles. The second-order valence-electron chi connectivity index (χ2n) is 6.45. The monoisotopic (exact) mass is 348 g/mol. The zero-order valence-electron chi connectivity index (χ0n) is 14.9. The van der Waals surface area contributed by atoms with Crippen molar-refractivity contribution in [2.24, 2.45) is 0 Å². The van der Waals surface area contributed by atoms with Gasteiger partial charge in [-0.2, -0.15) is 0 Å². The third kappa shape index (κ3) is 2.96. The Morgan fingerprint density at radius 1 is 1.15 bits per heavy atom. The van der Waals surface area contributed by atoms with E-state index >= 15 is 0 Å². The SMILES string of the molecule is Cc1noc(C)c1COc1ccc(C(=O)N2CCc3ccccc32)cc1. The summed E-state index contributed by atoms with van der Waals surface area (Å²) < 4.78 is 10.9. The molecule has 0 spiro atoms. The second kappa shape index (κ2) is 6.67. The van der Waals surface area contributed by atoms with Crippen LogP contribution in [0.2, 0.25) is 0 Å². The molecule has 5 nitrogen and oxygen atoms in total. The van der Waals surface area contributed by atoms with Gasteiger partial charge in [-0.1, -0.05) is 23.4 Å². The lowest BCUT2D eigenvalue weighted by atomic mass is 10.1. The summed E-state index contributed by atoms with van der Waals surface area (Å²) in [6, 6.07) is 15.3. The number of fused-ring (bicyclic) bond motifs is 1. The predicted octanol–water partition coefficient (Wildman–Crippen LogP) is 4.07. The first-order valence-electron chi connectivity index (χ1n) is 8.68. The number of carbonyl (C=O) groups is 1. The van der Waals surface area contributed by atoms with Gasteiger partial charge in [0, 0.05) is 17.8 Å². The number of nitrogens with zero attached hydrogens (tertiary/aromatic N) is 2. The maximum absolute atomic E-state index is 12.8. The molecule has 2 aromatic carbocycles. The fourth-order valence-corrected chi connectivity index (χ4v) is 3.26. The molecule has 1 aliphatic rings. The molecule has 1 amide bonds. The highest BCUT2D eigenvalue weighted by atomic mass is 16.5. The van der Waals surface area contributed by atoms with E-state index in [2.05, 4.69) is 11.2 Å². The minimum absolute atomic E-state index is 0.0206. The zero-order chi connectivity index (χ0) is 18.1. The molecule has 1 aromatic heterocycles. The van der Waals surface area contributed by atoms with Crippen molar-refractivity contribution in [3.63, 3.8) is 0 Å². The van der Waals surface area contributed by atoms with E-state index in [-0.39, 0.29) is 5.91 Å². The highest BCUT2D eigenvalue weighted by molar-refractivity contribution is 6.07. The van der Waals surface area contributed by atoms with Crippen molar-refractivity contribution in [3.05, 3.63) is 76.7 Å². The van der Waals surface area contributed by atoms with Gasteiger partial charge in [0.1, 0.15) is 18.1 Å². The van der Waals surface area contributed by atoms with E-state index in [0.29, 0.717) is 17.9 Å². The van der Waals surface area contributed by atoms with Crippen LogP contribution in [0.25, 0.3) is 0 Å². The molecule has 4 rings (SSSR count). The van der Waals surface area contributed by atoms with Crippen LogP contribution in [-0.2, 0) is 13.0 Å². The van der Waals surface area contributed by atoms with Crippen LogP contribution in [0.15, 0.2) is 53.1 Å². The Kier molecular flexibility index (Phi) is 4.21. The fraction of sp³-hybridized carbons (Fsp3) is 0.238. The summed E-state index contributed by atoms with van der Waals surface area (Å²) in [6.45, 7) is 4.88. The molecule has 1 aliphatic heterocycles. The second-order valence-corrected chi connectivity index (χ2v) is 6.45. The Labute approximate surface area is 152 Å². The molecule has 0 fully saturated rings. The Hall–Kier alpha value is -3.08. The largest absolute Gasteiger partial charge is 0.489 e. The average molecular weight is 348 g/mol. The van der Waals surface area contributed by atoms with Crippen LogP contribution in [0.4, 0.5) is 5.69 Å². The highest BCUT2D eigenvalue weighted by Crippen LogP contribution is 2.29. The lowest BCUT2D eigenvalue weighted by Crippen LogP contribution is -2.28. The average Bonchev–Trinajstić information content (AvgIpc) is 3.23. The van der Waals surface area contributed by atoms with Crippen molar-refractivity contribution in [2.75, 3.05) is 11.4 Å². The lowest BCUT2D eigenvalue weighted by Gasteiger charge is -2.17. The van der Waals surface area contributed by atoms with Gasteiger partial charge in [-0.25, -0.2) is 0 Å². The van der Waals surface area contributed by atoms with E-state index in [1.54, 1.807) is 0 Å². The molecule has 0 N–H and O–H groups in total. The molecular formula is C21H20N2O3. The van der Waals surface area contributed by atoms with Gasteiger partial charge in [-0.15, -0.1) is 0 Å². The molecule has 5 heteroatoms. The smallest absolute Gasteiger partial charge is 0.258 e. The van der Waals surface area contributed by atoms with Crippen LogP contribution in [0, 0.1) is 13.8 Å². The van der Waals surface area contributed by atoms with Crippen LogP contribution >= 0.6 is 0 Å². The third-order valence-corrected chi connectivity index (χ3v) is 4.80. The van der Waals surface area contributed by atoms with Crippen molar-refractivity contribution in [1.29, 1.82) is 0 Å². The summed E-state index contributed by atoms with van der Waals surface area (Å²) in [5.74, 6) is 1.50. The number of aromatic nitrogens is 1. The maximum atomic E-state index is 12.8. The number of anilines is 1. The van der Waals surface area contributed by atoms with E-state index in [0.717, 1.165) is 35.7 Å². The molecule has 0 unspecified atom stereocenters. The predicted molar refractivity (Wildman–Crippen MR) is 98.6 cm³/mol. The van der Waals surface area contributed by atoms with E-state index in [4.69, 9.17) is 9.26 Å². The molecule has 2 heterocycles. The lowest BCUT2D eigenvalue weighted by molar-refractivity contribution is 0.0989. The van der Waals surface area contributed by atoms with Crippen LogP contribution < -0.4 is 9.64 Å². The number of ether oxygens (including phenoxy) is 1. The quantitative estimate of drug-likeness (QED) is 0.713. The van der Waals surface area contributed by atoms with Crippen LogP contribution in [0.5, 0.6) is 5.75 Å². The maximum Gasteiger partial charge on any atom is 0.258 e. The third-order valence-electron chi connectivity index (χ3n) is 4.80. The van der Waals surface area contributed by atoms with Crippen LogP contribution in [-0.4, -0.2) is 17.6 Å². The Bertz CT molecular complexity index is 925. The minimum Gasteiger partial charge on any atom is -0.489 e. The minimum atomic E-state index is 0.0206. The van der Waals surface area contributed by atoms with Gasteiger partial charge in [0.05, 0.1) is 11.3 Å². The summed E-state index contributed by atoms with van der Waals surface area (Å²) in [4.78, 5) is 14.7. The Morgan fingerprint density at radius 3 is 2.65 bits per heavy atom. The van der Waals surface area contributed by atoms with Crippen molar-refractivity contribution < 1.29 is 14.1 Å².